The van der Waals surface area contributed by atoms with Gasteiger partial charge in [-0.2, -0.15) is 0 Å². The lowest BCUT2D eigenvalue weighted by atomic mass is 9.79. The number of fused-ring (bicyclic) bond motifs is 1. The second-order valence-corrected chi connectivity index (χ2v) is 9.69. The van der Waals surface area contributed by atoms with Gasteiger partial charge in [-0.25, -0.2) is 0 Å². The monoisotopic (exact) mass is 486 g/mol. The molecule has 0 bridgehead atoms. The van der Waals surface area contributed by atoms with E-state index in [1.807, 2.05) is 36.4 Å². The molecule has 3 aromatic rings. The summed E-state index contributed by atoms with van der Waals surface area (Å²) >= 11 is 0. The number of carboxylic acids is 1. The van der Waals surface area contributed by atoms with Crippen molar-refractivity contribution in [3.63, 3.8) is 0 Å². The molecule has 2 N–H and O–H groups in total. The fourth-order valence-corrected chi connectivity index (χ4v) is 5.20. The van der Waals surface area contributed by atoms with Crippen molar-refractivity contribution in [1.82, 2.24) is 9.88 Å². The first kappa shape index (κ1) is 25.7. The molecule has 0 aliphatic carbocycles. The Bertz CT molecular complexity index is 1260. The number of pyridine rings is 1. The van der Waals surface area contributed by atoms with Crippen LogP contribution in [0.2, 0.25) is 0 Å². The molecule has 0 radical (unpaired) electrons. The molecular weight excluding hydrogens is 452 g/mol. The number of likely N-dealkylation sites (tertiary alicyclic amines) is 1. The maximum absolute atomic E-state index is 11.6. The lowest BCUT2D eigenvalue weighted by Crippen LogP contribution is -2.41. The van der Waals surface area contributed by atoms with Crippen LogP contribution in [0.3, 0.4) is 0 Å². The number of hydrogen-bond acceptors (Lipinski definition) is 5. The largest absolute Gasteiger partial charge is 0.497 e. The second kappa shape index (κ2) is 12.0. The summed E-state index contributed by atoms with van der Waals surface area (Å²) in [5.74, 6) is 6.73. The number of ether oxygens (including phenoxy) is 1. The van der Waals surface area contributed by atoms with Crippen molar-refractivity contribution in [3.8, 4) is 17.6 Å². The normalized spacial score (nSPS) is 18.9. The fourth-order valence-electron chi connectivity index (χ4n) is 5.20. The number of aliphatic hydroxyl groups is 1. The van der Waals surface area contributed by atoms with E-state index in [0.717, 1.165) is 47.2 Å². The fraction of sp³-hybridized carbons (Fsp3) is 0.400. The van der Waals surface area contributed by atoms with E-state index in [1.54, 1.807) is 13.3 Å². The molecule has 4 rings (SSSR count). The van der Waals surface area contributed by atoms with E-state index >= 15 is 0 Å². The third-order valence-electron chi connectivity index (χ3n) is 7.12. The molecule has 6 nitrogen and oxygen atoms in total. The van der Waals surface area contributed by atoms with E-state index in [0.29, 0.717) is 19.5 Å². The predicted molar refractivity (Wildman–Crippen MR) is 141 cm³/mol. The highest BCUT2D eigenvalue weighted by atomic mass is 16.5. The van der Waals surface area contributed by atoms with Crippen molar-refractivity contribution >= 4 is 16.9 Å². The summed E-state index contributed by atoms with van der Waals surface area (Å²) in [7, 11) is 1.62. The highest BCUT2D eigenvalue weighted by Gasteiger charge is 2.31. The molecule has 0 unspecified atom stereocenters. The van der Waals surface area contributed by atoms with Gasteiger partial charge in [0, 0.05) is 30.1 Å². The Kier molecular flexibility index (Phi) is 8.58. The average molecular weight is 487 g/mol. The first-order valence-corrected chi connectivity index (χ1v) is 12.5. The molecule has 1 aliphatic rings. The van der Waals surface area contributed by atoms with E-state index < -0.39 is 12.1 Å². The zero-order chi connectivity index (χ0) is 25.5. The van der Waals surface area contributed by atoms with Crippen molar-refractivity contribution in [2.75, 3.05) is 26.7 Å². The molecular formula is C30H34N2O4. The van der Waals surface area contributed by atoms with Crippen LogP contribution >= 0.6 is 0 Å². The van der Waals surface area contributed by atoms with Gasteiger partial charge in [-0.3, -0.25) is 14.7 Å². The molecule has 188 valence electrons. The van der Waals surface area contributed by atoms with Crippen LogP contribution in [-0.2, 0) is 4.79 Å². The summed E-state index contributed by atoms with van der Waals surface area (Å²) in [6.45, 7) is 4.28. The van der Waals surface area contributed by atoms with Crippen LogP contribution in [0.5, 0.6) is 5.75 Å². The molecule has 1 aromatic heterocycles. The summed E-state index contributed by atoms with van der Waals surface area (Å²) in [6, 6.07) is 15.7. The predicted octanol–water partition coefficient (Wildman–Crippen LogP) is 4.83. The second-order valence-electron chi connectivity index (χ2n) is 9.69. The highest BCUT2D eigenvalue weighted by molar-refractivity contribution is 5.83. The number of rotatable bonds is 8. The van der Waals surface area contributed by atoms with Crippen molar-refractivity contribution in [2.24, 2.45) is 11.8 Å². The Morgan fingerprint density at radius 1 is 1.22 bits per heavy atom. The highest BCUT2D eigenvalue weighted by Crippen LogP contribution is 2.34. The van der Waals surface area contributed by atoms with Gasteiger partial charge in [0.15, 0.2) is 0 Å². The number of nitrogens with zero attached hydrogens (tertiary/aromatic N) is 2. The summed E-state index contributed by atoms with van der Waals surface area (Å²) < 4.78 is 5.35. The SMILES string of the molecule is COc1ccc2nccc([C@H](O)CC[C@@H]3CCN(CC#Cc4cccc(C)c4)C[C@@H]3CC(=O)O)c2c1. The Morgan fingerprint density at radius 3 is 2.86 bits per heavy atom. The quantitative estimate of drug-likeness (QED) is 0.444. The van der Waals surface area contributed by atoms with Gasteiger partial charge in [-0.05, 0) is 92.1 Å². The first-order chi connectivity index (χ1) is 17.4. The average Bonchev–Trinajstić information content (AvgIpc) is 2.87. The van der Waals surface area contributed by atoms with Crippen LogP contribution in [-0.4, -0.2) is 52.8 Å². The minimum atomic E-state index is -0.773. The third kappa shape index (κ3) is 6.63. The van der Waals surface area contributed by atoms with E-state index in [2.05, 4.69) is 40.8 Å². The van der Waals surface area contributed by atoms with Crippen molar-refractivity contribution in [2.45, 2.75) is 38.7 Å². The van der Waals surface area contributed by atoms with Gasteiger partial charge >= 0.3 is 5.97 Å². The number of aliphatic hydroxyl groups excluding tert-OH is 1. The van der Waals surface area contributed by atoms with E-state index in [-0.39, 0.29) is 18.3 Å². The molecule has 3 atom stereocenters. The molecule has 0 spiro atoms. The van der Waals surface area contributed by atoms with Crippen LogP contribution in [0.4, 0.5) is 0 Å². The number of hydrogen-bond donors (Lipinski definition) is 2. The Labute approximate surface area is 212 Å². The molecule has 2 heterocycles. The molecule has 1 fully saturated rings. The number of aliphatic carboxylic acids is 1. The number of aryl methyl sites for hydroxylation is 1. The summed E-state index contributed by atoms with van der Waals surface area (Å²) in [6.07, 6.45) is 3.46. The molecule has 6 heteroatoms. The molecule has 1 aliphatic heterocycles. The standard InChI is InChI=1S/C30H34N2O4/c1-21-5-3-6-22(17-21)7-4-15-32-16-13-23(24(20-32)18-30(34)35)8-11-29(33)26-12-14-31-28-10-9-25(36-2)19-27(26)28/h3,5-6,9-10,12,14,17,19,23-24,29,33H,8,11,13,15-16,18,20H2,1-2H3,(H,34,35)/t23-,24+,29-/m1/s1. The Hall–Kier alpha value is -3.40. The van der Waals surface area contributed by atoms with E-state index in [1.165, 1.54) is 5.56 Å². The Balaban J connectivity index is 1.39. The van der Waals surface area contributed by atoms with Crippen LogP contribution in [0.25, 0.3) is 10.9 Å². The lowest BCUT2D eigenvalue weighted by molar-refractivity contribution is -0.139. The minimum absolute atomic E-state index is 0.0403. The van der Waals surface area contributed by atoms with Gasteiger partial charge in [-0.15, -0.1) is 0 Å². The van der Waals surface area contributed by atoms with Gasteiger partial charge in [-0.1, -0.05) is 24.0 Å². The Morgan fingerprint density at radius 2 is 2.08 bits per heavy atom. The summed E-state index contributed by atoms with van der Waals surface area (Å²) in [4.78, 5) is 18.3. The van der Waals surface area contributed by atoms with Crippen LogP contribution in [0.1, 0.15) is 48.5 Å². The lowest BCUT2D eigenvalue weighted by Gasteiger charge is -2.37. The van der Waals surface area contributed by atoms with Crippen molar-refractivity contribution < 1.29 is 19.7 Å². The van der Waals surface area contributed by atoms with E-state index in [4.69, 9.17) is 4.74 Å². The molecule has 1 saturated heterocycles. The van der Waals surface area contributed by atoms with E-state index in [9.17, 15) is 15.0 Å². The molecule has 2 aromatic carbocycles. The van der Waals surface area contributed by atoms with Gasteiger partial charge in [0.2, 0.25) is 0 Å². The third-order valence-corrected chi connectivity index (χ3v) is 7.12. The van der Waals surface area contributed by atoms with Gasteiger partial charge < -0.3 is 14.9 Å². The molecule has 36 heavy (non-hydrogen) atoms. The number of carboxylic acid groups (broad SMARTS) is 1. The van der Waals surface area contributed by atoms with Gasteiger partial charge in [0.1, 0.15) is 5.75 Å². The summed E-state index contributed by atoms with van der Waals surface area (Å²) in [5, 5.41) is 21.5. The number of methoxy groups -OCH3 is 1. The zero-order valence-corrected chi connectivity index (χ0v) is 21.0. The van der Waals surface area contributed by atoms with Gasteiger partial charge in [0.25, 0.3) is 0 Å². The number of piperidine rings is 1. The number of aromatic nitrogens is 1. The number of benzene rings is 2. The number of carbonyl (C=O) groups is 1. The van der Waals surface area contributed by atoms with Crippen molar-refractivity contribution in [1.29, 1.82) is 0 Å². The topological polar surface area (TPSA) is 82.9 Å². The van der Waals surface area contributed by atoms with Crippen LogP contribution < -0.4 is 4.74 Å². The summed E-state index contributed by atoms with van der Waals surface area (Å²) in [5.41, 5.74) is 3.83. The molecule has 0 saturated carbocycles. The maximum Gasteiger partial charge on any atom is 0.303 e. The zero-order valence-electron chi connectivity index (χ0n) is 21.0. The minimum Gasteiger partial charge on any atom is -0.497 e. The maximum atomic E-state index is 11.6. The van der Waals surface area contributed by atoms with Gasteiger partial charge in [0.05, 0.1) is 25.3 Å². The smallest absolute Gasteiger partial charge is 0.303 e. The van der Waals surface area contributed by atoms with Crippen LogP contribution in [0, 0.1) is 30.6 Å². The van der Waals surface area contributed by atoms with Crippen molar-refractivity contribution in [3.05, 3.63) is 71.4 Å². The van der Waals surface area contributed by atoms with Crippen LogP contribution in [0.15, 0.2) is 54.7 Å². The molecule has 0 amide bonds. The first-order valence-electron chi connectivity index (χ1n) is 12.5.